The van der Waals surface area contributed by atoms with E-state index in [9.17, 15) is 14.0 Å². The molecular weight excluding hydrogens is 499 g/mol. The summed E-state index contributed by atoms with van der Waals surface area (Å²) in [5.74, 6) is 0.244. The average Bonchev–Trinajstić information content (AvgIpc) is 2.90. The normalized spacial score (nSPS) is 15.3. The molecule has 10 heteroatoms. The fourth-order valence-corrected chi connectivity index (χ4v) is 4.82. The molecule has 2 fully saturated rings. The van der Waals surface area contributed by atoms with Crippen molar-refractivity contribution < 1.29 is 13.9 Å². The number of benzene rings is 2. The maximum atomic E-state index is 14.7. The van der Waals surface area contributed by atoms with Crippen molar-refractivity contribution in [3.8, 4) is 11.8 Å². The minimum atomic E-state index is -0.598. The summed E-state index contributed by atoms with van der Waals surface area (Å²) < 4.78 is 20.8. The monoisotopic (exact) mass is 524 g/mol. The van der Waals surface area contributed by atoms with E-state index in [2.05, 4.69) is 26.6 Å². The van der Waals surface area contributed by atoms with Gasteiger partial charge in [-0.1, -0.05) is 6.07 Å². The molecule has 1 saturated heterocycles. The molecule has 1 aliphatic heterocycles. The van der Waals surface area contributed by atoms with E-state index in [1.54, 1.807) is 47.5 Å². The molecule has 0 radical (unpaired) electrons. The van der Waals surface area contributed by atoms with Crippen LogP contribution < -0.4 is 15.6 Å². The third-order valence-corrected chi connectivity index (χ3v) is 7.24. The smallest absolute Gasteiger partial charge is 0.272 e. The number of hydrogen-bond donors (Lipinski definition) is 2. The van der Waals surface area contributed by atoms with E-state index in [0.717, 1.165) is 19.3 Å². The van der Waals surface area contributed by atoms with Crippen molar-refractivity contribution in [3.05, 3.63) is 93.3 Å². The van der Waals surface area contributed by atoms with Crippen LogP contribution in [0.5, 0.6) is 5.75 Å². The number of amides is 1. The van der Waals surface area contributed by atoms with Gasteiger partial charge in [0.1, 0.15) is 17.4 Å². The highest BCUT2D eigenvalue weighted by Gasteiger charge is 2.32. The highest BCUT2D eigenvalue weighted by Crippen LogP contribution is 2.28. The molecule has 0 bridgehead atoms. The van der Waals surface area contributed by atoms with Crippen molar-refractivity contribution in [2.24, 2.45) is 0 Å². The number of anilines is 1. The van der Waals surface area contributed by atoms with Crippen molar-refractivity contribution in [2.45, 2.75) is 37.8 Å². The largest absolute Gasteiger partial charge is 0.490 e. The summed E-state index contributed by atoms with van der Waals surface area (Å²) in [6.07, 6.45) is 5.23. The zero-order valence-corrected chi connectivity index (χ0v) is 21.0. The zero-order valence-electron chi connectivity index (χ0n) is 21.0. The number of carbonyl (C=O) groups excluding carboxylic acids is 1. The van der Waals surface area contributed by atoms with E-state index in [-0.39, 0.29) is 23.3 Å². The van der Waals surface area contributed by atoms with Crippen LogP contribution in [0.3, 0.4) is 0 Å². The van der Waals surface area contributed by atoms with Gasteiger partial charge in [-0.2, -0.15) is 10.4 Å². The van der Waals surface area contributed by atoms with E-state index in [0.29, 0.717) is 58.7 Å². The Labute approximate surface area is 223 Å². The molecule has 9 nitrogen and oxygen atoms in total. The van der Waals surface area contributed by atoms with Gasteiger partial charge in [0, 0.05) is 31.1 Å². The first-order valence-corrected chi connectivity index (χ1v) is 12.8. The number of aromatic nitrogens is 3. The van der Waals surface area contributed by atoms with Gasteiger partial charge in [-0.25, -0.2) is 14.5 Å². The van der Waals surface area contributed by atoms with Crippen LogP contribution in [-0.2, 0) is 6.42 Å². The van der Waals surface area contributed by atoms with Crippen LogP contribution >= 0.6 is 0 Å². The standard InChI is InChI=1S/C29H25FN6O3/c30-25-7-4-17(10-24(25)29(38)36-15-19(16-36)33-27-12-18(14-31)8-9-32-27)11-26-23-13-21(39-20-2-1-3-20)5-6-22(23)28(37)35-34-26/h4-10,12-13,19-20H,1-3,11,15-16H2,(H,32,33)(H,35,37). The quantitative estimate of drug-likeness (QED) is 0.377. The Morgan fingerprint density at radius 1 is 1.15 bits per heavy atom. The Hall–Kier alpha value is -4.78. The van der Waals surface area contributed by atoms with Gasteiger partial charge in [0.05, 0.1) is 40.4 Å². The summed E-state index contributed by atoms with van der Waals surface area (Å²) in [6.45, 7) is 0.772. The number of carbonyl (C=O) groups is 1. The van der Waals surface area contributed by atoms with Crippen LogP contribution in [-0.4, -0.2) is 51.2 Å². The highest BCUT2D eigenvalue weighted by atomic mass is 19.1. The molecule has 2 N–H and O–H groups in total. The molecule has 2 aromatic heterocycles. The van der Waals surface area contributed by atoms with E-state index >= 15 is 0 Å². The lowest BCUT2D eigenvalue weighted by Gasteiger charge is -2.40. The van der Waals surface area contributed by atoms with Crippen molar-refractivity contribution in [1.82, 2.24) is 20.1 Å². The van der Waals surface area contributed by atoms with Gasteiger partial charge >= 0.3 is 0 Å². The van der Waals surface area contributed by atoms with Crippen LogP contribution in [0.15, 0.2) is 59.5 Å². The number of H-pyrrole nitrogens is 1. The first-order chi connectivity index (χ1) is 19.0. The van der Waals surface area contributed by atoms with Crippen LogP contribution in [0.4, 0.5) is 10.2 Å². The second-order valence-electron chi connectivity index (χ2n) is 9.96. The molecule has 4 aromatic rings. The maximum absolute atomic E-state index is 14.7. The Bertz CT molecular complexity index is 1670. The number of fused-ring (bicyclic) bond motifs is 1. The number of aromatic amines is 1. The predicted molar refractivity (Wildman–Crippen MR) is 142 cm³/mol. The molecule has 0 unspecified atom stereocenters. The third kappa shape index (κ3) is 5.03. The van der Waals surface area contributed by atoms with Crippen molar-refractivity contribution in [3.63, 3.8) is 0 Å². The second-order valence-corrected chi connectivity index (χ2v) is 9.96. The number of nitrogens with one attached hydrogen (secondary N) is 2. The molecule has 1 amide bonds. The molecular formula is C29H25FN6O3. The number of likely N-dealkylation sites (tertiary alicyclic amines) is 1. The molecule has 3 heterocycles. The topological polar surface area (TPSA) is 124 Å². The Balaban J connectivity index is 1.18. The van der Waals surface area contributed by atoms with E-state index in [4.69, 9.17) is 10.00 Å². The molecule has 0 atom stereocenters. The summed E-state index contributed by atoms with van der Waals surface area (Å²) >= 11 is 0. The molecule has 2 aromatic carbocycles. The van der Waals surface area contributed by atoms with Gasteiger partial charge < -0.3 is 15.0 Å². The first kappa shape index (κ1) is 24.6. The summed E-state index contributed by atoms with van der Waals surface area (Å²) in [4.78, 5) is 31.2. The third-order valence-electron chi connectivity index (χ3n) is 7.24. The molecule has 196 valence electrons. The second kappa shape index (κ2) is 10.2. The first-order valence-electron chi connectivity index (χ1n) is 12.8. The number of pyridine rings is 1. The predicted octanol–water partition coefficient (Wildman–Crippen LogP) is 3.79. The maximum Gasteiger partial charge on any atom is 0.272 e. The molecule has 1 aliphatic carbocycles. The summed E-state index contributed by atoms with van der Waals surface area (Å²) in [7, 11) is 0. The molecule has 0 spiro atoms. The van der Waals surface area contributed by atoms with Crippen LogP contribution in [0.2, 0.25) is 0 Å². The van der Waals surface area contributed by atoms with Gasteiger partial charge in [-0.05, 0) is 67.3 Å². The average molecular weight is 525 g/mol. The van der Waals surface area contributed by atoms with Crippen LogP contribution in [0.1, 0.15) is 46.4 Å². The zero-order chi connectivity index (χ0) is 26.9. The Morgan fingerprint density at radius 2 is 2.00 bits per heavy atom. The lowest BCUT2D eigenvalue weighted by Crippen LogP contribution is -2.57. The lowest BCUT2D eigenvalue weighted by atomic mass is 9.96. The molecule has 2 aliphatic rings. The fraction of sp³-hybridized carbons (Fsp3) is 0.276. The highest BCUT2D eigenvalue weighted by molar-refractivity contribution is 5.95. The minimum Gasteiger partial charge on any atom is -0.490 e. The number of nitriles is 1. The van der Waals surface area contributed by atoms with Gasteiger partial charge in [0.25, 0.3) is 11.5 Å². The van der Waals surface area contributed by atoms with Crippen molar-refractivity contribution >= 4 is 22.5 Å². The van der Waals surface area contributed by atoms with Crippen molar-refractivity contribution in [2.75, 3.05) is 18.4 Å². The lowest BCUT2D eigenvalue weighted by molar-refractivity contribution is 0.0620. The number of ether oxygens (including phenoxy) is 1. The number of halogens is 1. The summed E-state index contributed by atoms with van der Waals surface area (Å²) in [5.41, 5.74) is 1.48. The molecule has 6 rings (SSSR count). The fourth-order valence-electron chi connectivity index (χ4n) is 4.82. The van der Waals surface area contributed by atoms with E-state index < -0.39 is 11.7 Å². The van der Waals surface area contributed by atoms with Crippen LogP contribution in [0, 0.1) is 17.1 Å². The Morgan fingerprint density at radius 3 is 2.77 bits per heavy atom. The van der Waals surface area contributed by atoms with Gasteiger partial charge in [-0.15, -0.1) is 0 Å². The van der Waals surface area contributed by atoms with Gasteiger partial charge in [-0.3, -0.25) is 9.59 Å². The Kier molecular flexibility index (Phi) is 6.40. The summed E-state index contributed by atoms with van der Waals surface area (Å²) in [5, 5.41) is 20.2. The SMILES string of the molecule is N#Cc1ccnc(NC2CN(C(=O)c3cc(Cc4n[nH]c(=O)c5ccc(OC6CCC6)cc45)ccc3F)C2)c1. The van der Waals surface area contributed by atoms with Gasteiger partial charge in [0.2, 0.25) is 0 Å². The number of hydrogen-bond acceptors (Lipinski definition) is 7. The van der Waals surface area contributed by atoms with Crippen LogP contribution in [0.25, 0.3) is 10.8 Å². The molecule has 39 heavy (non-hydrogen) atoms. The minimum absolute atomic E-state index is 0.0155. The molecule has 1 saturated carbocycles. The number of rotatable bonds is 7. The number of nitrogens with zero attached hydrogens (tertiary/aromatic N) is 4. The van der Waals surface area contributed by atoms with E-state index in [1.807, 2.05) is 6.07 Å². The van der Waals surface area contributed by atoms with Gasteiger partial charge in [0.15, 0.2) is 0 Å². The summed E-state index contributed by atoms with van der Waals surface area (Å²) in [6, 6.07) is 15.1. The van der Waals surface area contributed by atoms with Crippen molar-refractivity contribution in [1.29, 1.82) is 5.26 Å². The van der Waals surface area contributed by atoms with E-state index in [1.165, 1.54) is 6.07 Å².